The molecule has 0 heterocycles. The molecule has 16 nitrogen and oxygen atoms in total. The molecule has 0 radical (unpaired) electrons. The second-order valence-corrected chi connectivity index (χ2v) is 7.09. The number of hydrogen-bond donors (Lipinski definition) is 9. The maximum Gasteiger partial charge on any atom is 0.326 e. The van der Waals surface area contributed by atoms with Gasteiger partial charge in [0.05, 0.1) is 18.9 Å². The zero-order chi connectivity index (χ0) is 25.7. The number of carboxylic acids is 1. The number of carbonyl (C=O) groups excluding carboxylic acids is 5. The summed E-state index contributed by atoms with van der Waals surface area (Å²) in [6.45, 7) is 1.56. The highest BCUT2D eigenvalue weighted by Gasteiger charge is 2.30. The lowest BCUT2D eigenvalue weighted by molar-refractivity contribution is -0.144. The summed E-state index contributed by atoms with van der Waals surface area (Å²) in [6.07, 6.45) is -0.763. The number of aliphatic carboxylic acids is 1. The van der Waals surface area contributed by atoms with E-state index in [1.165, 1.54) is 6.92 Å². The fraction of sp³-hybridized carbons (Fsp3) is 0.588. The average molecular weight is 473 g/mol. The molecule has 0 aromatic carbocycles. The molecule has 0 fully saturated rings. The molecule has 0 spiro atoms. The molecular weight excluding hydrogens is 442 g/mol. The molecule has 4 atom stereocenters. The molecule has 0 aliphatic heterocycles. The van der Waals surface area contributed by atoms with Crippen LogP contribution in [0.3, 0.4) is 0 Å². The van der Waals surface area contributed by atoms with Crippen LogP contribution >= 0.6 is 0 Å². The quantitative estimate of drug-likeness (QED) is 0.0617. The number of carbonyl (C=O) groups is 6. The van der Waals surface area contributed by atoms with Crippen molar-refractivity contribution in [2.45, 2.75) is 56.8 Å². The summed E-state index contributed by atoms with van der Waals surface area (Å²) in [5, 5.41) is 15.6. The van der Waals surface area contributed by atoms with E-state index in [4.69, 9.17) is 33.8 Å². The van der Waals surface area contributed by atoms with Gasteiger partial charge in [-0.15, -0.1) is 0 Å². The van der Waals surface area contributed by atoms with Gasteiger partial charge in [-0.1, -0.05) is 0 Å². The van der Waals surface area contributed by atoms with Gasteiger partial charge in [0.15, 0.2) is 5.96 Å². The summed E-state index contributed by atoms with van der Waals surface area (Å²) in [6, 6.07) is -5.40. The molecule has 33 heavy (non-hydrogen) atoms. The average Bonchev–Trinajstić information content (AvgIpc) is 2.68. The Morgan fingerprint density at radius 2 is 1.33 bits per heavy atom. The van der Waals surface area contributed by atoms with Gasteiger partial charge >= 0.3 is 5.97 Å². The molecule has 5 amide bonds. The summed E-state index contributed by atoms with van der Waals surface area (Å²) in [5.74, 6) is -6.26. The number of aliphatic imine (C=N–C) groups is 1. The monoisotopic (exact) mass is 473 g/mol. The van der Waals surface area contributed by atoms with Crippen LogP contribution < -0.4 is 44.6 Å². The first kappa shape index (κ1) is 29.0. The molecule has 0 aliphatic rings. The fourth-order valence-electron chi connectivity index (χ4n) is 2.42. The third-order valence-corrected chi connectivity index (χ3v) is 4.11. The topological polar surface area (TPSA) is 301 Å². The molecule has 4 unspecified atom stereocenters. The normalized spacial score (nSPS) is 14.0. The Kier molecular flexibility index (Phi) is 12.5. The van der Waals surface area contributed by atoms with Crippen LogP contribution in [0, 0.1) is 0 Å². The van der Waals surface area contributed by atoms with Crippen molar-refractivity contribution < 1.29 is 33.9 Å². The number of primary amides is 2. The molecule has 0 rings (SSSR count). The van der Waals surface area contributed by atoms with Gasteiger partial charge in [-0.25, -0.2) is 4.79 Å². The van der Waals surface area contributed by atoms with Crippen molar-refractivity contribution in [2.24, 2.45) is 33.7 Å². The molecule has 0 bridgehead atoms. The van der Waals surface area contributed by atoms with Crippen molar-refractivity contribution in [1.29, 1.82) is 0 Å². The molecule has 14 N–H and O–H groups in total. The van der Waals surface area contributed by atoms with Gasteiger partial charge in [-0.3, -0.25) is 29.0 Å². The molecule has 16 heteroatoms. The van der Waals surface area contributed by atoms with Crippen LogP contribution in [0.5, 0.6) is 0 Å². The van der Waals surface area contributed by atoms with Gasteiger partial charge in [0.25, 0.3) is 0 Å². The Labute approximate surface area is 189 Å². The van der Waals surface area contributed by atoms with Gasteiger partial charge in [0, 0.05) is 6.54 Å². The number of nitrogens with zero attached hydrogens (tertiary/aromatic N) is 1. The van der Waals surface area contributed by atoms with E-state index in [0.717, 1.165) is 0 Å². The minimum Gasteiger partial charge on any atom is -0.480 e. The Bertz CT molecular complexity index is 783. The van der Waals surface area contributed by atoms with E-state index >= 15 is 0 Å². The largest absolute Gasteiger partial charge is 0.480 e. The van der Waals surface area contributed by atoms with Gasteiger partial charge in [-0.2, -0.15) is 0 Å². The highest BCUT2D eigenvalue weighted by atomic mass is 16.4. The van der Waals surface area contributed by atoms with Crippen LogP contribution in [0.1, 0.15) is 32.6 Å². The minimum atomic E-state index is -1.68. The van der Waals surface area contributed by atoms with Crippen molar-refractivity contribution in [3.8, 4) is 0 Å². The van der Waals surface area contributed by atoms with Crippen molar-refractivity contribution in [1.82, 2.24) is 16.0 Å². The van der Waals surface area contributed by atoms with E-state index in [2.05, 4.69) is 15.6 Å². The summed E-state index contributed by atoms with van der Waals surface area (Å²) >= 11 is 0. The highest BCUT2D eigenvalue weighted by molar-refractivity contribution is 5.96. The second-order valence-electron chi connectivity index (χ2n) is 7.09. The van der Waals surface area contributed by atoms with Gasteiger partial charge in [0.2, 0.25) is 29.5 Å². The van der Waals surface area contributed by atoms with E-state index in [0.29, 0.717) is 6.42 Å². The lowest BCUT2D eigenvalue weighted by Crippen LogP contribution is -2.57. The number of amides is 5. The Balaban J connectivity index is 5.01. The number of nitrogens with two attached hydrogens (primary N) is 5. The number of nitrogens with one attached hydrogen (secondary N) is 3. The number of hydrogen-bond acceptors (Lipinski definition) is 8. The highest BCUT2D eigenvalue weighted by Crippen LogP contribution is 2.00. The predicted molar refractivity (Wildman–Crippen MR) is 115 cm³/mol. The van der Waals surface area contributed by atoms with Crippen LogP contribution in [0.4, 0.5) is 0 Å². The van der Waals surface area contributed by atoms with Crippen LogP contribution in [-0.2, 0) is 28.8 Å². The Morgan fingerprint density at radius 1 is 0.818 bits per heavy atom. The predicted octanol–water partition coefficient (Wildman–Crippen LogP) is -5.32. The van der Waals surface area contributed by atoms with E-state index in [-0.39, 0.29) is 18.9 Å². The Morgan fingerprint density at radius 3 is 1.82 bits per heavy atom. The smallest absolute Gasteiger partial charge is 0.326 e. The fourth-order valence-corrected chi connectivity index (χ4v) is 2.42. The summed E-state index contributed by atoms with van der Waals surface area (Å²) < 4.78 is 0. The van der Waals surface area contributed by atoms with Gasteiger partial charge < -0.3 is 49.7 Å². The molecular formula is C17H31N9O7. The first-order valence-electron chi connectivity index (χ1n) is 9.76. The van der Waals surface area contributed by atoms with Crippen LogP contribution in [-0.4, -0.2) is 77.3 Å². The summed E-state index contributed by atoms with van der Waals surface area (Å²) in [5.41, 5.74) is 26.1. The zero-order valence-corrected chi connectivity index (χ0v) is 18.1. The number of guanidine groups is 1. The summed E-state index contributed by atoms with van der Waals surface area (Å²) in [7, 11) is 0. The van der Waals surface area contributed by atoms with Crippen LogP contribution in [0.25, 0.3) is 0 Å². The van der Waals surface area contributed by atoms with Crippen molar-refractivity contribution in [3.63, 3.8) is 0 Å². The standard InChI is InChI=1S/C17H31N9O7/c1-7(24-14(30)8(18)3-2-4-23-17(21)22)13(29)25-9(5-11(19)27)15(31)26-10(16(32)33)6-12(20)28/h7-10H,2-6,18H2,1H3,(H2,19,27)(H2,20,28)(H,24,30)(H,25,29)(H,26,31)(H,32,33)(H4,21,22,23). The van der Waals surface area contributed by atoms with Crippen LogP contribution in [0.15, 0.2) is 4.99 Å². The molecule has 186 valence electrons. The van der Waals surface area contributed by atoms with E-state index in [1.54, 1.807) is 0 Å². The number of rotatable bonds is 15. The summed E-state index contributed by atoms with van der Waals surface area (Å²) in [4.78, 5) is 74.1. The van der Waals surface area contributed by atoms with Crippen molar-refractivity contribution in [3.05, 3.63) is 0 Å². The third-order valence-electron chi connectivity index (χ3n) is 4.11. The van der Waals surface area contributed by atoms with Gasteiger partial charge in [-0.05, 0) is 19.8 Å². The molecule has 0 aromatic rings. The third kappa shape index (κ3) is 12.5. The first-order chi connectivity index (χ1) is 15.2. The minimum absolute atomic E-state index is 0.0998. The van der Waals surface area contributed by atoms with Gasteiger partial charge in [0.1, 0.15) is 18.1 Å². The molecule has 0 saturated carbocycles. The molecule has 0 aromatic heterocycles. The maximum atomic E-state index is 12.4. The molecule has 0 saturated heterocycles. The Hall–Kier alpha value is -3.95. The van der Waals surface area contributed by atoms with Crippen LogP contribution in [0.2, 0.25) is 0 Å². The lowest BCUT2D eigenvalue weighted by Gasteiger charge is -2.22. The maximum absolute atomic E-state index is 12.4. The van der Waals surface area contributed by atoms with E-state index in [1.807, 2.05) is 5.32 Å². The molecule has 0 aliphatic carbocycles. The second kappa shape index (κ2) is 14.2. The van der Waals surface area contributed by atoms with E-state index < -0.39 is 72.5 Å². The van der Waals surface area contributed by atoms with Crippen molar-refractivity contribution >= 4 is 41.5 Å². The van der Waals surface area contributed by atoms with E-state index in [9.17, 15) is 28.8 Å². The first-order valence-corrected chi connectivity index (χ1v) is 9.76. The van der Waals surface area contributed by atoms with Crippen molar-refractivity contribution in [2.75, 3.05) is 6.54 Å². The zero-order valence-electron chi connectivity index (χ0n) is 18.1. The lowest BCUT2D eigenvalue weighted by atomic mass is 10.1. The number of carboxylic acid groups (broad SMARTS) is 1. The SMILES string of the molecule is CC(NC(=O)C(N)CCCN=C(N)N)C(=O)NC(CC(N)=O)C(=O)NC(CC(N)=O)C(=O)O.